The summed E-state index contributed by atoms with van der Waals surface area (Å²) < 4.78 is 23.8. The molecule has 3 amide bonds. The first-order chi connectivity index (χ1) is 13.3. The average molecular weight is 386 g/mol. The number of carbonyl (C=O) groups excluding carboxylic acids is 3. The Bertz CT molecular complexity index is 961. The normalized spacial score (nSPS) is 18.8. The third kappa shape index (κ3) is 3.28. The van der Waals surface area contributed by atoms with Gasteiger partial charge in [0, 0.05) is 5.56 Å². The number of halogens is 1. The summed E-state index contributed by atoms with van der Waals surface area (Å²) >= 11 is 0. The third-order valence-corrected chi connectivity index (χ3v) is 4.70. The molecule has 0 saturated carbocycles. The molecular formula is C20H19FN2O5. The number of hydrogen-bond donors (Lipinski definition) is 1. The second-order valence-corrected chi connectivity index (χ2v) is 6.45. The molecule has 0 radical (unpaired) electrons. The minimum atomic E-state index is -1.34. The summed E-state index contributed by atoms with van der Waals surface area (Å²) in [5.41, 5.74) is -0.777. The van der Waals surface area contributed by atoms with Gasteiger partial charge in [0.15, 0.2) is 17.3 Å². The van der Waals surface area contributed by atoms with Gasteiger partial charge in [0.1, 0.15) is 11.3 Å². The van der Waals surface area contributed by atoms with E-state index in [-0.39, 0.29) is 11.3 Å². The van der Waals surface area contributed by atoms with E-state index in [4.69, 9.17) is 9.47 Å². The van der Waals surface area contributed by atoms with Crippen LogP contribution in [-0.4, -0.2) is 43.4 Å². The maximum atomic E-state index is 13.8. The molecule has 1 saturated heterocycles. The first kappa shape index (κ1) is 19.3. The highest BCUT2D eigenvalue weighted by molar-refractivity contribution is 6.11. The summed E-state index contributed by atoms with van der Waals surface area (Å²) in [6.45, 7) is 1.05. The van der Waals surface area contributed by atoms with E-state index in [0.717, 1.165) is 11.0 Å². The molecule has 28 heavy (non-hydrogen) atoms. The number of urea groups is 1. The van der Waals surface area contributed by atoms with Crippen LogP contribution in [0.3, 0.4) is 0 Å². The fourth-order valence-corrected chi connectivity index (χ4v) is 3.05. The Kier molecular flexibility index (Phi) is 5.04. The summed E-state index contributed by atoms with van der Waals surface area (Å²) in [6.07, 6.45) is 0. The zero-order valence-corrected chi connectivity index (χ0v) is 15.6. The molecule has 1 aliphatic heterocycles. The fraction of sp³-hybridized carbons (Fsp3) is 0.250. The van der Waals surface area contributed by atoms with Gasteiger partial charge in [0.05, 0.1) is 20.8 Å². The van der Waals surface area contributed by atoms with Gasteiger partial charge in [-0.2, -0.15) is 0 Å². The number of nitrogens with zero attached hydrogens (tertiary/aromatic N) is 1. The van der Waals surface area contributed by atoms with E-state index >= 15 is 0 Å². The first-order valence-corrected chi connectivity index (χ1v) is 8.45. The minimum absolute atomic E-state index is 0.00265. The van der Waals surface area contributed by atoms with Crippen molar-refractivity contribution in [2.75, 3.05) is 20.8 Å². The van der Waals surface area contributed by atoms with Crippen LogP contribution in [0.5, 0.6) is 11.5 Å². The van der Waals surface area contributed by atoms with Crippen molar-refractivity contribution in [1.29, 1.82) is 0 Å². The van der Waals surface area contributed by atoms with Crippen molar-refractivity contribution in [2.24, 2.45) is 0 Å². The van der Waals surface area contributed by atoms with Gasteiger partial charge in [0.25, 0.3) is 5.91 Å². The van der Waals surface area contributed by atoms with E-state index in [2.05, 4.69) is 5.32 Å². The molecule has 1 heterocycles. The number of ketones is 1. The molecule has 8 heteroatoms. The summed E-state index contributed by atoms with van der Waals surface area (Å²) in [7, 11) is 2.81. The largest absolute Gasteiger partial charge is 0.497 e. The first-order valence-electron chi connectivity index (χ1n) is 8.45. The fourth-order valence-electron chi connectivity index (χ4n) is 3.05. The number of Topliss-reactive ketones (excluding diaryl/α,β-unsaturated/α-hetero) is 1. The molecule has 1 aliphatic rings. The lowest BCUT2D eigenvalue weighted by Gasteiger charge is -2.22. The van der Waals surface area contributed by atoms with Crippen LogP contribution in [0.2, 0.25) is 0 Å². The van der Waals surface area contributed by atoms with Gasteiger partial charge in [-0.15, -0.1) is 0 Å². The van der Waals surface area contributed by atoms with Crippen LogP contribution in [-0.2, 0) is 10.3 Å². The van der Waals surface area contributed by atoms with E-state index in [1.165, 1.54) is 26.4 Å². The van der Waals surface area contributed by atoms with Crippen molar-refractivity contribution in [2.45, 2.75) is 12.5 Å². The lowest BCUT2D eigenvalue weighted by Crippen LogP contribution is -2.41. The molecule has 1 N–H and O–H groups in total. The lowest BCUT2D eigenvalue weighted by molar-refractivity contribution is -0.130. The highest BCUT2D eigenvalue weighted by Crippen LogP contribution is 2.31. The monoisotopic (exact) mass is 386 g/mol. The zero-order chi connectivity index (χ0) is 20.5. The highest BCUT2D eigenvalue weighted by atomic mass is 19.1. The standard InChI is InChI=1S/C20H19FN2O5/c1-20(13-5-4-6-14(10-13)27-2)18(25)23(19(26)22-20)11-16(24)12-7-8-17(28-3)15(21)9-12/h4-10H,11H2,1-3H3,(H,22,26)/t20-/m0/s1. The van der Waals surface area contributed by atoms with E-state index in [0.29, 0.717) is 11.3 Å². The second kappa shape index (κ2) is 7.30. The lowest BCUT2D eigenvalue weighted by atomic mass is 9.92. The molecule has 3 rings (SSSR count). The second-order valence-electron chi connectivity index (χ2n) is 6.45. The van der Waals surface area contributed by atoms with Crippen LogP contribution in [0.4, 0.5) is 9.18 Å². The molecule has 2 aromatic rings. The molecule has 0 unspecified atom stereocenters. The molecule has 2 aromatic carbocycles. The number of imide groups is 1. The van der Waals surface area contributed by atoms with Gasteiger partial charge in [-0.3, -0.25) is 14.5 Å². The Morgan fingerprint density at radius 3 is 2.54 bits per heavy atom. The van der Waals surface area contributed by atoms with Gasteiger partial charge in [-0.05, 0) is 42.8 Å². The summed E-state index contributed by atoms with van der Waals surface area (Å²) in [5.74, 6) is -1.32. The molecule has 146 valence electrons. The van der Waals surface area contributed by atoms with Crippen LogP contribution in [0, 0.1) is 5.82 Å². The number of ether oxygens (including phenoxy) is 2. The molecule has 1 atom stereocenters. The zero-order valence-electron chi connectivity index (χ0n) is 15.6. The maximum Gasteiger partial charge on any atom is 0.325 e. The summed E-state index contributed by atoms with van der Waals surface area (Å²) in [4.78, 5) is 38.6. The molecule has 0 bridgehead atoms. The van der Waals surface area contributed by atoms with Gasteiger partial charge >= 0.3 is 6.03 Å². The Labute approximate surface area is 161 Å². The summed E-state index contributed by atoms with van der Waals surface area (Å²) in [5, 5.41) is 2.62. The third-order valence-electron chi connectivity index (χ3n) is 4.70. The van der Waals surface area contributed by atoms with E-state index < -0.39 is 35.6 Å². The van der Waals surface area contributed by atoms with Crippen molar-refractivity contribution < 1.29 is 28.2 Å². The SMILES string of the molecule is COc1cccc([C@]2(C)NC(=O)N(CC(=O)c3ccc(OC)c(F)c3)C2=O)c1. The van der Waals surface area contributed by atoms with Crippen LogP contribution >= 0.6 is 0 Å². The van der Waals surface area contributed by atoms with Gasteiger partial charge < -0.3 is 14.8 Å². The predicted molar refractivity (Wildman–Crippen MR) is 97.9 cm³/mol. The average Bonchev–Trinajstić information content (AvgIpc) is 2.92. The molecule has 0 aliphatic carbocycles. The molecule has 7 nitrogen and oxygen atoms in total. The van der Waals surface area contributed by atoms with Crippen molar-refractivity contribution in [3.8, 4) is 11.5 Å². The van der Waals surface area contributed by atoms with Crippen molar-refractivity contribution >= 4 is 17.7 Å². The topological polar surface area (TPSA) is 84.9 Å². The number of amides is 3. The van der Waals surface area contributed by atoms with E-state index in [1.54, 1.807) is 31.2 Å². The molecule has 1 fully saturated rings. The maximum absolute atomic E-state index is 13.8. The van der Waals surface area contributed by atoms with Crippen molar-refractivity contribution in [3.05, 3.63) is 59.4 Å². The Morgan fingerprint density at radius 2 is 1.89 bits per heavy atom. The van der Waals surface area contributed by atoms with Crippen molar-refractivity contribution in [3.63, 3.8) is 0 Å². The summed E-state index contributed by atoms with van der Waals surface area (Å²) in [6, 6.07) is 9.76. The molecule has 0 spiro atoms. The van der Waals surface area contributed by atoms with E-state index in [1.807, 2.05) is 0 Å². The predicted octanol–water partition coefficient (Wildman–Crippen LogP) is 2.49. The van der Waals surface area contributed by atoms with Crippen LogP contribution in [0.25, 0.3) is 0 Å². The number of nitrogens with one attached hydrogen (secondary N) is 1. The van der Waals surface area contributed by atoms with Crippen LogP contribution in [0.1, 0.15) is 22.8 Å². The molecular weight excluding hydrogens is 367 g/mol. The van der Waals surface area contributed by atoms with Gasteiger partial charge in [-0.25, -0.2) is 9.18 Å². The quantitative estimate of drug-likeness (QED) is 0.609. The number of hydrogen-bond acceptors (Lipinski definition) is 5. The number of methoxy groups -OCH3 is 2. The number of benzene rings is 2. The highest BCUT2D eigenvalue weighted by Gasteiger charge is 2.49. The van der Waals surface area contributed by atoms with Crippen LogP contribution in [0.15, 0.2) is 42.5 Å². The molecule has 0 aromatic heterocycles. The number of carbonyl (C=O) groups is 3. The Balaban J connectivity index is 1.83. The van der Waals surface area contributed by atoms with Gasteiger partial charge in [-0.1, -0.05) is 12.1 Å². The van der Waals surface area contributed by atoms with E-state index in [9.17, 15) is 18.8 Å². The van der Waals surface area contributed by atoms with Gasteiger partial charge in [0.2, 0.25) is 0 Å². The van der Waals surface area contributed by atoms with Crippen LogP contribution < -0.4 is 14.8 Å². The minimum Gasteiger partial charge on any atom is -0.497 e. The number of rotatable bonds is 6. The Morgan fingerprint density at radius 1 is 1.14 bits per heavy atom. The smallest absolute Gasteiger partial charge is 0.325 e. The van der Waals surface area contributed by atoms with Crippen molar-refractivity contribution in [1.82, 2.24) is 10.2 Å². The Hall–Kier alpha value is -3.42.